The van der Waals surface area contributed by atoms with Gasteiger partial charge in [0.25, 0.3) is 0 Å². The second-order valence-electron chi connectivity index (χ2n) is 13.0. The van der Waals surface area contributed by atoms with Crippen LogP contribution in [-0.2, 0) is 27.5 Å². The molecular weight excluding hydrogens is 788 g/mol. The van der Waals surface area contributed by atoms with Crippen molar-refractivity contribution >= 4 is 34.6 Å². The van der Waals surface area contributed by atoms with Crippen LogP contribution in [0, 0.1) is 60.2 Å². The number of carbonyl (C=O) groups is 1. The van der Waals surface area contributed by atoms with Crippen molar-refractivity contribution in [3.8, 4) is 0 Å². The van der Waals surface area contributed by atoms with Gasteiger partial charge < -0.3 is 14.9 Å². The first-order chi connectivity index (χ1) is 22.9. The Hall–Kier alpha value is -4.54. The summed E-state index contributed by atoms with van der Waals surface area (Å²) in [4.78, 5) is 26.4. The Labute approximate surface area is 305 Å². The minimum atomic E-state index is -0.156. The van der Waals surface area contributed by atoms with Crippen LogP contribution >= 0.6 is 0 Å². The van der Waals surface area contributed by atoms with Crippen molar-refractivity contribution in [1.82, 2.24) is 9.97 Å². The quantitative estimate of drug-likeness (QED) is 0.0763. The molecule has 49 heavy (non-hydrogen) atoms. The minimum absolute atomic E-state index is 0. The minimum Gasteiger partial charge on any atom is -0.507 e. The van der Waals surface area contributed by atoms with Crippen LogP contribution in [0.3, 0.4) is 0 Å². The van der Waals surface area contributed by atoms with Gasteiger partial charge in [0.15, 0.2) is 5.78 Å². The number of para-hydroxylation sites is 2. The molecule has 2 heterocycles. The Morgan fingerprint density at radius 3 is 1.94 bits per heavy atom. The topological polar surface area (TPSA) is 69.6 Å². The summed E-state index contributed by atoms with van der Waals surface area (Å²) in [5.41, 5.74) is 10.5. The van der Waals surface area contributed by atoms with Crippen molar-refractivity contribution in [2.75, 3.05) is 9.80 Å². The number of aromatic nitrogens is 2. The normalized spacial score (nSPS) is 12.3. The van der Waals surface area contributed by atoms with Crippen LogP contribution in [0.1, 0.15) is 68.8 Å². The van der Waals surface area contributed by atoms with Crippen LogP contribution < -0.4 is 9.80 Å². The Kier molecular flexibility index (Phi) is 12.4. The third kappa shape index (κ3) is 8.74. The molecule has 0 bridgehead atoms. The van der Waals surface area contributed by atoms with Crippen LogP contribution in [0.15, 0.2) is 91.1 Å². The van der Waals surface area contributed by atoms with E-state index in [4.69, 9.17) is 9.97 Å². The fraction of sp³-hybridized carbons (Fsp3) is 0.238. The summed E-state index contributed by atoms with van der Waals surface area (Å²) in [5, 5.41) is 10.5. The van der Waals surface area contributed by atoms with E-state index in [1.165, 1.54) is 6.08 Å². The van der Waals surface area contributed by atoms with E-state index in [9.17, 15) is 9.90 Å². The molecule has 0 amide bonds. The summed E-state index contributed by atoms with van der Waals surface area (Å²) in [6, 6.07) is 29.4. The van der Waals surface area contributed by atoms with E-state index in [1.54, 1.807) is 0 Å². The standard InChI is InChI=1S/C21H20N4.C21H24O2.Pt/c1-16(2)13-17-14-22-20-21(23-17)25(19-11-7-4-8-12-19)15-24(20)18-9-5-3-6-10-18;1-12-7-14(3)20(15(4)8-12)18(22)11-19(23)21-16(5)9-13(2)10-17(21)6;/h3-11,14-16H,13H2,1-2H3;7-11,22H,1-6H3;/q-2;;+2. The first kappa shape index (κ1) is 37.3. The summed E-state index contributed by atoms with van der Waals surface area (Å²) >= 11 is 0. The molecular formula is C42H44N4O2Pt. The number of anilines is 4. The number of hydrogen-bond acceptors (Lipinski definition) is 6. The molecule has 6 rings (SSSR count). The van der Waals surface area contributed by atoms with E-state index in [-0.39, 0.29) is 32.6 Å². The summed E-state index contributed by atoms with van der Waals surface area (Å²) in [6.07, 6.45) is 4.15. The molecule has 254 valence electrons. The smallest absolute Gasteiger partial charge is 0.507 e. The zero-order chi connectivity index (χ0) is 34.5. The Bertz CT molecular complexity index is 1910. The Balaban J connectivity index is 0.000000217. The molecule has 6 nitrogen and oxygen atoms in total. The molecule has 1 aliphatic heterocycles. The molecule has 0 saturated heterocycles. The summed E-state index contributed by atoms with van der Waals surface area (Å²) in [6.45, 7) is 18.2. The van der Waals surface area contributed by atoms with E-state index in [1.807, 2.05) is 121 Å². The predicted molar refractivity (Wildman–Crippen MR) is 197 cm³/mol. The molecule has 0 spiro atoms. The molecule has 5 aromatic rings. The second kappa shape index (κ2) is 16.2. The largest absolute Gasteiger partial charge is 2.00 e. The maximum atomic E-state index is 12.6. The number of hydrogen-bond donors (Lipinski definition) is 1. The molecule has 1 N–H and O–H groups in total. The first-order valence-corrected chi connectivity index (χ1v) is 16.3. The average Bonchev–Trinajstić information content (AvgIpc) is 3.40. The fourth-order valence-electron chi connectivity index (χ4n) is 6.39. The number of aryl methyl sites for hydroxylation is 6. The summed E-state index contributed by atoms with van der Waals surface area (Å²) in [5.74, 6) is 2.11. The van der Waals surface area contributed by atoms with E-state index in [2.05, 4.69) is 41.8 Å². The molecule has 0 fully saturated rings. The molecule has 7 heteroatoms. The van der Waals surface area contributed by atoms with Crippen LogP contribution in [0.2, 0.25) is 0 Å². The molecule has 0 radical (unpaired) electrons. The van der Waals surface area contributed by atoms with E-state index in [0.717, 1.165) is 74.1 Å². The molecule has 0 aliphatic carbocycles. The maximum Gasteiger partial charge on any atom is 2.00 e. The van der Waals surface area contributed by atoms with Crippen molar-refractivity contribution in [3.63, 3.8) is 0 Å². The van der Waals surface area contributed by atoms with E-state index in [0.29, 0.717) is 11.5 Å². The summed E-state index contributed by atoms with van der Waals surface area (Å²) < 4.78 is 0. The van der Waals surface area contributed by atoms with Crippen LogP contribution in [0.5, 0.6) is 0 Å². The van der Waals surface area contributed by atoms with Gasteiger partial charge in [-0.15, -0.1) is 12.4 Å². The van der Waals surface area contributed by atoms with Crippen molar-refractivity contribution in [3.05, 3.63) is 154 Å². The first-order valence-electron chi connectivity index (χ1n) is 16.3. The number of carbonyl (C=O) groups excluding carboxylic acids is 1. The van der Waals surface area contributed by atoms with Gasteiger partial charge in [-0.25, -0.2) is 9.97 Å². The van der Waals surface area contributed by atoms with E-state index >= 15 is 0 Å². The van der Waals surface area contributed by atoms with Gasteiger partial charge in [-0.2, -0.15) is 30.3 Å². The average molecular weight is 832 g/mol. The van der Waals surface area contributed by atoms with Crippen molar-refractivity contribution in [1.29, 1.82) is 0 Å². The van der Waals surface area contributed by atoms with Crippen molar-refractivity contribution in [2.45, 2.75) is 61.8 Å². The zero-order valence-electron chi connectivity index (χ0n) is 29.5. The fourth-order valence-corrected chi connectivity index (χ4v) is 6.39. The third-order valence-electron chi connectivity index (χ3n) is 8.20. The van der Waals surface area contributed by atoms with Crippen LogP contribution in [0.25, 0.3) is 5.76 Å². The van der Waals surface area contributed by atoms with Gasteiger partial charge in [-0.3, -0.25) is 4.79 Å². The van der Waals surface area contributed by atoms with Gasteiger partial charge in [0.2, 0.25) is 0 Å². The van der Waals surface area contributed by atoms with Crippen molar-refractivity contribution in [2.24, 2.45) is 5.92 Å². The van der Waals surface area contributed by atoms with Gasteiger partial charge >= 0.3 is 21.1 Å². The Morgan fingerprint density at radius 2 is 1.39 bits per heavy atom. The number of fused-ring (bicyclic) bond motifs is 1. The van der Waals surface area contributed by atoms with Gasteiger partial charge in [0.1, 0.15) is 17.4 Å². The monoisotopic (exact) mass is 831 g/mol. The summed E-state index contributed by atoms with van der Waals surface area (Å²) in [7, 11) is 0. The molecule has 0 unspecified atom stereocenters. The SMILES string of the molecule is CC(C)Cc1cnc2c(n1)N(c1[c-]cccc1)[CH-]N2c1ccccc1.Cc1cc(C)c(C(=O)C=C(O)c2c(C)cc(C)cc2C)c(C)c1.[Pt+2]. The van der Waals surface area contributed by atoms with Crippen LogP contribution in [0.4, 0.5) is 23.0 Å². The number of nitrogens with zero attached hydrogens (tertiary/aromatic N) is 4. The third-order valence-corrected chi connectivity index (χ3v) is 8.20. The van der Waals surface area contributed by atoms with E-state index < -0.39 is 0 Å². The van der Waals surface area contributed by atoms with Crippen LogP contribution in [-0.4, -0.2) is 20.9 Å². The zero-order valence-corrected chi connectivity index (χ0v) is 31.8. The second-order valence-corrected chi connectivity index (χ2v) is 13.0. The number of benzene rings is 4. The maximum absolute atomic E-state index is 12.6. The molecule has 1 aromatic heterocycles. The van der Waals surface area contributed by atoms with Gasteiger partial charge in [-0.05, 0) is 88.3 Å². The number of aliphatic hydroxyl groups excluding tert-OH is 1. The van der Waals surface area contributed by atoms with Gasteiger partial charge in [-0.1, -0.05) is 67.4 Å². The number of aliphatic hydroxyl groups is 1. The molecule has 1 aliphatic rings. The Morgan fingerprint density at radius 1 is 0.816 bits per heavy atom. The molecule has 0 saturated carbocycles. The van der Waals surface area contributed by atoms with Gasteiger partial charge in [0.05, 0.1) is 11.9 Å². The number of allylic oxidation sites excluding steroid dienone is 1. The molecule has 0 atom stereocenters. The molecule has 4 aromatic carbocycles. The predicted octanol–water partition coefficient (Wildman–Crippen LogP) is 10.2. The van der Waals surface area contributed by atoms with Crippen molar-refractivity contribution < 1.29 is 31.0 Å². The number of ketones is 1. The number of rotatable bonds is 7. The van der Waals surface area contributed by atoms with Gasteiger partial charge in [0, 0.05) is 22.9 Å².